The summed E-state index contributed by atoms with van der Waals surface area (Å²) >= 11 is 0. The normalized spacial score (nSPS) is 40.8. The largest absolute Gasteiger partial charge is 0.508 e. The van der Waals surface area contributed by atoms with Crippen LogP contribution in [0.25, 0.3) is 0 Å². The van der Waals surface area contributed by atoms with E-state index in [0.29, 0.717) is 6.54 Å². The molecule has 0 aromatic heterocycles. The van der Waals surface area contributed by atoms with E-state index in [1.165, 1.54) is 0 Å². The van der Waals surface area contributed by atoms with E-state index in [1.54, 1.807) is 24.3 Å². The van der Waals surface area contributed by atoms with Gasteiger partial charge in [0.1, 0.15) is 36.3 Å². The van der Waals surface area contributed by atoms with E-state index >= 15 is 0 Å². The van der Waals surface area contributed by atoms with Gasteiger partial charge in [-0.25, -0.2) is 0 Å². The average Bonchev–Trinajstić information content (AvgIpc) is 3.18. The maximum Gasteiger partial charge on any atom is 0.115 e. The molecule has 1 aromatic rings. The fourth-order valence-electron chi connectivity index (χ4n) is 2.59. The van der Waals surface area contributed by atoms with E-state index in [1.807, 2.05) is 0 Å². The summed E-state index contributed by atoms with van der Waals surface area (Å²) in [6, 6.07) is 6.31. The Balaban J connectivity index is 1.62. The summed E-state index contributed by atoms with van der Waals surface area (Å²) in [6.45, 7) is 0.484. The quantitative estimate of drug-likeness (QED) is 0.437. The van der Waals surface area contributed by atoms with Crippen LogP contribution in [0.4, 0.5) is 0 Å². The molecule has 1 aromatic carbocycles. The summed E-state index contributed by atoms with van der Waals surface area (Å²) in [5.41, 5.74) is 0.947. The lowest BCUT2D eigenvalue weighted by Crippen LogP contribution is -2.58. The molecule has 1 aliphatic carbocycles. The third kappa shape index (κ3) is 2.33. The van der Waals surface area contributed by atoms with Gasteiger partial charge in [0.05, 0.1) is 6.04 Å². The predicted molar refractivity (Wildman–Crippen MR) is 65.4 cm³/mol. The first-order chi connectivity index (χ1) is 9.08. The van der Waals surface area contributed by atoms with Crippen molar-refractivity contribution >= 4 is 0 Å². The minimum absolute atomic E-state index is 0.200. The molecule has 0 amide bonds. The summed E-state index contributed by atoms with van der Waals surface area (Å²) in [7, 11) is 0. The zero-order valence-corrected chi connectivity index (χ0v) is 10.2. The van der Waals surface area contributed by atoms with Crippen molar-refractivity contribution < 1.29 is 25.2 Å². The van der Waals surface area contributed by atoms with Gasteiger partial charge in [0.25, 0.3) is 0 Å². The standard InChI is InChI=1S/C13H17NO5/c15-7-3-1-6(2-4-7)5-14-8-9(16)10(17)11(18)13-12(8)19-13/h1-4,8-18H,5H2/t8-,9+,10-,11+,12-,13+/m1/s1. The Morgan fingerprint density at radius 1 is 0.947 bits per heavy atom. The van der Waals surface area contributed by atoms with Crippen LogP contribution in [0.3, 0.4) is 0 Å². The monoisotopic (exact) mass is 267 g/mol. The number of aliphatic hydroxyl groups excluding tert-OH is 3. The number of nitrogens with one attached hydrogen (secondary N) is 1. The Bertz CT molecular complexity index is 451. The van der Waals surface area contributed by atoms with Crippen LogP contribution in [-0.4, -0.2) is 57.0 Å². The van der Waals surface area contributed by atoms with Crippen LogP contribution in [0.5, 0.6) is 5.75 Å². The Hall–Kier alpha value is -1.18. The van der Waals surface area contributed by atoms with Crippen LogP contribution in [0, 0.1) is 0 Å². The molecule has 3 rings (SSSR count). The lowest BCUT2D eigenvalue weighted by atomic mass is 9.87. The van der Waals surface area contributed by atoms with Gasteiger partial charge in [0, 0.05) is 6.54 Å². The lowest BCUT2D eigenvalue weighted by molar-refractivity contribution is -0.0876. The van der Waals surface area contributed by atoms with Crippen molar-refractivity contribution in [1.29, 1.82) is 0 Å². The Labute approximate surface area is 110 Å². The van der Waals surface area contributed by atoms with Gasteiger partial charge in [-0.1, -0.05) is 12.1 Å². The Morgan fingerprint density at radius 3 is 2.32 bits per heavy atom. The van der Waals surface area contributed by atoms with Crippen molar-refractivity contribution in [2.45, 2.75) is 43.1 Å². The second kappa shape index (κ2) is 4.73. The number of phenols is 1. The van der Waals surface area contributed by atoms with Crippen molar-refractivity contribution in [3.63, 3.8) is 0 Å². The molecule has 19 heavy (non-hydrogen) atoms. The first-order valence-electron chi connectivity index (χ1n) is 6.29. The molecular formula is C13H17NO5. The summed E-state index contributed by atoms with van der Waals surface area (Å²) in [5.74, 6) is 0.200. The number of hydrogen-bond acceptors (Lipinski definition) is 6. The highest BCUT2D eigenvalue weighted by Gasteiger charge is 2.59. The molecule has 2 aliphatic rings. The van der Waals surface area contributed by atoms with Gasteiger partial charge < -0.3 is 30.5 Å². The molecule has 104 valence electrons. The Morgan fingerprint density at radius 2 is 1.63 bits per heavy atom. The smallest absolute Gasteiger partial charge is 0.115 e. The van der Waals surface area contributed by atoms with Gasteiger partial charge in [-0.3, -0.25) is 0 Å². The fraction of sp³-hybridized carbons (Fsp3) is 0.538. The zero-order chi connectivity index (χ0) is 13.6. The second-order valence-corrected chi connectivity index (χ2v) is 5.11. The molecule has 0 radical (unpaired) electrons. The topological polar surface area (TPSA) is 105 Å². The molecule has 6 heteroatoms. The molecule has 1 heterocycles. The number of phenolic OH excluding ortho intramolecular Hbond substituents is 1. The molecule has 1 saturated heterocycles. The average molecular weight is 267 g/mol. The SMILES string of the molecule is Oc1ccc(CN[C@@H]2[C@H](O)[C@@H](O)[C@H](O)[C@@H]3O[C@H]23)cc1. The number of benzene rings is 1. The highest BCUT2D eigenvalue weighted by atomic mass is 16.6. The Kier molecular flexibility index (Phi) is 3.20. The van der Waals surface area contributed by atoms with Crippen molar-refractivity contribution in [1.82, 2.24) is 5.32 Å². The predicted octanol–water partition coefficient (Wildman–Crippen LogP) is -1.29. The second-order valence-electron chi connectivity index (χ2n) is 5.11. The first-order valence-corrected chi connectivity index (χ1v) is 6.29. The van der Waals surface area contributed by atoms with Gasteiger partial charge in [0.2, 0.25) is 0 Å². The lowest BCUT2D eigenvalue weighted by Gasteiger charge is -2.32. The van der Waals surface area contributed by atoms with Crippen LogP contribution >= 0.6 is 0 Å². The summed E-state index contributed by atoms with van der Waals surface area (Å²) in [4.78, 5) is 0. The van der Waals surface area contributed by atoms with E-state index < -0.39 is 30.5 Å². The molecule has 0 unspecified atom stereocenters. The van der Waals surface area contributed by atoms with Crippen LogP contribution in [0.2, 0.25) is 0 Å². The highest BCUT2D eigenvalue weighted by molar-refractivity contribution is 5.26. The number of aromatic hydroxyl groups is 1. The molecule has 0 bridgehead atoms. The van der Waals surface area contributed by atoms with Crippen LogP contribution in [0.1, 0.15) is 5.56 Å². The summed E-state index contributed by atoms with van der Waals surface area (Å²) in [5, 5.41) is 41.5. The van der Waals surface area contributed by atoms with Crippen LogP contribution in [0.15, 0.2) is 24.3 Å². The summed E-state index contributed by atoms with van der Waals surface area (Å²) in [6.07, 6.45) is -3.93. The third-order valence-electron chi connectivity index (χ3n) is 3.80. The van der Waals surface area contributed by atoms with Gasteiger partial charge in [-0.05, 0) is 17.7 Å². The first kappa shape index (κ1) is 12.8. The number of epoxide rings is 1. The van der Waals surface area contributed by atoms with E-state index in [0.717, 1.165) is 5.56 Å². The van der Waals surface area contributed by atoms with E-state index in [4.69, 9.17) is 4.74 Å². The number of hydrogen-bond donors (Lipinski definition) is 5. The van der Waals surface area contributed by atoms with Crippen molar-refractivity contribution in [2.75, 3.05) is 0 Å². The summed E-state index contributed by atoms with van der Waals surface area (Å²) < 4.78 is 5.28. The number of ether oxygens (including phenoxy) is 1. The minimum atomic E-state index is -1.19. The maximum absolute atomic E-state index is 9.93. The van der Waals surface area contributed by atoms with Crippen LogP contribution in [-0.2, 0) is 11.3 Å². The molecule has 6 atom stereocenters. The highest BCUT2D eigenvalue weighted by Crippen LogP contribution is 2.37. The van der Waals surface area contributed by atoms with Crippen LogP contribution < -0.4 is 5.32 Å². The molecular weight excluding hydrogens is 250 g/mol. The minimum Gasteiger partial charge on any atom is -0.508 e. The van der Waals surface area contributed by atoms with Gasteiger partial charge >= 0.3 is 0 Å². The number of fused-ring (bicyclic) bond motifs is 1. The third-order valence-corrected chi connectivity index (χ3v) is 3.80. The van der Waals surface area contributed by atoms with E-state index in [-0.39, 0.29) is 11.9 Å². The molecule has 6 nitrogen and oxygen atoms in total. The zero-order valence-electron chi connectivity index (χ0n) is 10.2. The van der Waals surface area contributed by atoms with Gasteiger partial charge in [-0.15, -0.1) is 0 Å². The van der Waals surface area contributed by atoms with Crippen molar-refractivity contribution in [3.8, 4) is 5.75 Å². The van der Waals surface area contributed by atoms with Crippen molar-refractivity contribution in [2.24, 2.45) is 0 Å². The van der Waals surface area contributed by atoms with E-state index in [9.17, 15) is 20.4 Å². The number of rotatable bonds is 3. The molecule has 2 fully saturated rings. The van der Waals surface area contributed by atoms with E-state index in [2.05, 4.69) is 5.32 Å². The van der Waals surface area contributed by atoms with Crippen molar-refractivity contribution in [3.05, 3.63) is 29.8 Å². The molecule has 1 saturated carbocycles. The number of aliphatic hydroxyl groups is 3. The molecule has 5 N–H and O–H groups in total. The molecule has 1 aliphatic heterocycles. The van der Waals surface area contributed by atoms with Gasteiger partial charge in [-0.2, -0.15) is 0 Å². The molecule has 0 spiro atoms. The fourth-order valence-corrected chi connectivity index (χ4v) is 2.59. The van der Waals surface area contributed by atoms with Gasteiger partial charge in [0.15, 0.2) is 0 Å². The maximum atomic E-state index is 9.93.